The van der Waals surface area contributed by atoms with Crippen LogP contribution in [0.4, 0.5) is 11.4 Å². The topological polar surface area (TPSA) is 75.3 Å². The summed E-state index contributed by atoms with van der Waals surface area (Å²) in [7, 11) is 0. The second-order valence-corrected chi connectivity index (χ2v) is 9.11. The fourth-order valence-electron chi connectivity index (χ4n) is 4.12. The van der Waals surface area contributed by atoms with Crippen molar-refractivity contribution in [2.75, 3.05) is 11.5 Å². The number of aromatic nitrogens is 2. The third kappa shape index (κ3) is 3.96. The first-order chi connectivity index (χ1) is 17.2. The van der Waals surface area contributed by atoms with E-state index in [1.165, 1.54) is 0 Å². The molecule has 1 aliphatic rings. The number of ether oxygens (including phenoxy) is 1. The van der Waals surface area contributed by atoms with Crippen molar-refractivity contribution in [3.8, 4) is 11.4 Å². The monoisotopic (exact) mass is 477 g/mol. The van der Waals surface area contributed by atoms with Gasteiger partial charge in [-0.1, -0.05) is 66.4 Å². The van der Waals surface area contributed by atoms with E-state index < -0.39 is 5.97 Å². The molecule has 0 radical (unpaired) electrons. The van der Waals surface area contributed by atoms with Gasteiger partial charge in [-0.15, -0.1) is 0 Å². The molecule has 7 heteroatoms. The van der Waals surface area contributed by atoms with Gasteiger partial charge >= 0.3 is 5.97 Å². The second-order valence-electron chi connectivity index (χ2n) is 8.03. The van der Waals surface area contributed by atoms with Crippen LogP contribution in [0.2, 0.25) is 0 Å². The van der Waals surface area contributed by atoms with Gasteiger partial charge in [-0.05, 0) is 42.5 Å². The molecule has 0 bridgehead atoms. The predicted molar refractivity (Wildman–Crippen MR) is 136 cm³/mol. The maximum atomic E-state index is 13.3. The van der Waals surface area contributed by atoms with Crippen molar-refractivity contribution >= 4 is 46.0 Å². The minimum atomic E-state index is -0.566. The van der Waals surface area contributed by atoms with Crippen molar-refractivity contribution in [1.29, 1.82) is 0 Å². The summed E-state index contributed by atoms with van der Waals surface area (Å²) >= 11 is 1.62. The molecule has 0 atom stereocenters. The molecule has 0 fully saturated rings. The van der Waals surface area contributed by atoms with Crippen LogP contribution in [-0.2, 0) is 9.53 Å². The molecule has 0 saturated carbocycles. The molecule has 1 amide bonds. The van der Waals surface area contributed by atoms with E-state index in [0.717, 1.165) is 43.6 Å². The third-order valence-electron chi connectivity index (χ3n) is 5.77. The lowest BCUT2D eigenvalue weighted by molar-refractivity contribution is -0.121. The van der Waals surface area contributed by atoms with Crippen molar-refractivity contribution in [2.45, 2.75) is 9.79 Å². The highest BCUT2D eigenvalue weighted by Crippen LogP contribution is 2.47. The number of hydrogen-bond acceptors (Lipinski definition) is 5. The number of nitrogens with one attached hydrogen (secondary N) is 1. The molecule has 1 aromatic heterocycles. The zero-order valence-electron chi connectivity index (χ0n) is 18.5. The number of fused-ring (bicyclic) bond motifs is 3. The minimum Gasteiger partial charge on any atom is -0.452 e. The van der Waals surface area contributed by atoms with Crippen molar-refractivity contribution in [3.05, 3.63) is 103 Å². The summed E-state index contributed by atoms with van der Waals surface area (Å²) in [6, 6.07) is 30.3. The van der Waals surface area contributed by atoms with Gasteiger partial charge in [0.1, 0.15) is 5.82 Å². The molecular weight excluding hydrogens is 458 g/mol. The molecule has 0 aliphatic carbocycles. The molecule has 2 heterocycles. The lowest BCUT2D eigenvalue weighted by Gasteiger charge is -2.30. The Bertz CT molecular complexity index is 1530. The van der Waals surface area contributed by atoms with Gasteiger partial charge in [0.25, 0.3) is 5.91 Å². The Balaban J connectivity index is 1.22. The summed E-state index contributed by atoms with van der Waals surface area (Å²) in [5.41, 5.74) is 4.34. The lowest BCUT2D eigenvalue weighted by atomic mass is 10.2. The van der Waals surface area contributed by atoms with Gasteiger partial charge in [-0.25, -0.2) is 9.78 Å². The van der Waals surface area contributed by atoms with E-state index in [2.05, 4.69) is 9.97 Å². The van der Waals surface area contributed by atoms with Gasteiger partial charge in [0.05, 0.1) is 28.0 Å². The third-order valence-corrected chi connectivity index (χ3v) is 6.90. The summed E-state index contributed by atoms with van der Waals surface area (Å²) in [6.45, 7) is -0.373. The SMILES string of the molecule is O=C(OCC(=O)N1c2ccccc2Sc2ccccc21)c1ccc2nc(-c3ccccc3)[nH]c2c1. The molecule has 170 valence electrons. The quantitative estimate of drug-likeness (QED) is 0.311. The Morgan fingerprint density at radius 1 is 0.829 bits per heavy atom. The number of imidazole rings is 1. The first-order valence-corrected chi connectivity index (χ1v) is 11.9. The molecule has 6 rings (SSSR count). The van der Waals surface area contributed by atoms with E-state index in [1.54, 1.807) is 34.9 Å². The highest BCUT2D eigenvalue weighted by atomic mass is 32.2. The van der Waals surface area contributed by atoms with Gasteiger partial charge in [0.15, 0.2) is 6.61 Å². The molecule has 1 aliphatic heterocycles. The number of amides is 1. The van der Waals surface area contributed by atoms with Gasteiger partial charge in [0, 0.05) is 15.4 Å². The van der Waals surface area contributed by atoms with E-state index in [-0.39, 0.29) is 12.5 Å². The Morgan fingerprint density at radius 3 is 2.20 bits per heavy atom. The summed E-state index contributed by atoms with van der Waals surface area (Å²) in [5.74, 6) is -0.154. The number of hydrogen-bond donors (Lipinski definition) is 1. The van der Waals surface area contributed by atoms with E-state index in [4.69, 9.17) is 4.74 Å². The first-order valence-electron chi connectivity index (χ1n) is 11.1. The van der Waals surface area contributed by atoms with Crippen LogP contribution in [0.1, 0.15) is 10.4 Å². The normalized spacial score (nSPS) is 12.2. The predicted octanol–water partition coefficient (Wildman–Crippen LogP) is 6.22. The maximum Gasteiger partial charge on any atom is 0.338 e. The number of benzene rings is 4. The smallest absolute Gasteiger partial charge is 0.338 e. The number of carbonyl (C=O) groups excluding carboxylic acids is 2. The van der Waals surface area contributed by atoms with E-state index in [9.17, 15) is 9.59 Å². The standard InChI is InChI=1S/C28H19N3O3S/c32-26(31-22-10-4-6-12-24(22)35-25-13-7-5-11-23(25)31)17-34-28(33)19-14-15-20-21(16-19)30-27(29-20)18-8-2-1-3-9-18/h1-16H,17H2,(H,29,30). The van der Waals surface area contributed by atoms with E-state index in [1.807, 2.05) is 78.9 Å². The number of H-pyrrole nitrogens is 1. The summed E-state index contributed by atoms with van der Waals surface area (Å²) in [6.07, 6.45) is 0. The van der Waals surface area contributed by atoms with Crippen molar-refractivity contribution in [3.63, 3.8) is 0 Å². The van der Waals surface area contributed by atoms with Gasteiger partial charge in [0.2, 0.25) is 0 Å². The molecule has 6 nitrogen and oxygen atoms in total. The van der Waals surface area contributed by atoms with E-state index >= 15 is 0 Å². The van der Waals surface area contributed by atoms with Gasteiger partial charge < -0.3 is 9.72 Å². The number of rotatable bonds is 4. The average Bonchev–Trinajstić information content (AvgIpc) is 3.34. The zero-order valence-corrected chi connectivity index (χ0v) is 19.3. The molecule has 0 saturated heterocycles. The Morgan fingerprint density at radius 2 is 1.49 bits per heavy atom. The number of anilines is 2. The fraction of sp³-hybridized carbons (Fsp3) is 0.0357. The number of esters is 1. The largest absolute Gasteiger partial charge is 0.452 e. The lowest BCUT2D eigenvalue weighted by Crippen LogP contribution is -2.32. The number of para-hydroxylation sites is 2. The van der Waals surface area contributed by atoms with Crippen LogP contribution in [0.25, 0.3) is 22.4 Å². The average molecular weight is 478 g/mol. The van der Waals surface area contributed by atoms with Crippen LogP contribution in [0, 0.1) is 0 Å². The van der Waals surface area contributed by atoms with Crippen LogP contribution in [0.5, 0.6) is 0 Å². The van der Waals surface area contributed by atoms with Crippen LogP contribution >= 0.6 is 11.8 Å². The molecule has 5 aromatic rings. The Hall–Kier alpha value is -4.36. The first kappa shape index (κ1) is 21.2. The van der Waals surface area contributed by atoms with Gasteiger partial charge in [-0.3, -0.25) is 9.69 Å². The summed E-state index contributed by atoms with van der Waals surface area (Å²) < 4.78 is 5.44. The fourth-order valence-corrected chi connectivity index (χ4v) is 5.18. The zero-order chi connectivity index (χ0) is 23.8. The van der Waals surface area contributed by atoms with Crippen molar-refractivity contribution < 1.29 is 14.3 Å². The Kier molecular flexibility index (Phi) is 5.31. The van der Waals surface area contributed by atoms with Crippen molar-refractivity contribution in [1.82, 2.24) is 9.97 Å². The number of aromatic amines is 1. The van der Waals surface area contributed by atoms with Gasteiger partial charge in [-0.2, -0.15) is 0 Å². The van der Waals surface area contributed by atoms with E-state index in [0.29, 0.717) is 5.56 Å². The molecule has 1 N–H and O–H groups in total. The van der Waals surface area contributed by atoms with Crippen LogP contribution in [-0.4, -0.2) is 28.5 Å². The molecule has 0 spiro atoms. The van der Waals surface area contributed by atoms with Crippen LogP contribution in [0.3, 0.4) is 0 Å². The molecular formula is C28H19N3O3S. The Labute approximate surface area is 205 Å². The molecule has 35 heavy (non-hydrogen) atoms. The highest BCUT2D eigenvalue weighted by molar-refractivity contribution is 7.99. The molecule has 4 aromatic carbocycles. The number of nitrogens with zero attached hydrogens (tertiary/aromatic N) is 2. The van der Waals surface area contributed by atoms with Crippen LogP contribution < -0.4 is 4.90 Å². The van der Waals surface area contributed by atoms with Crippen molar-refractivity contribution in [2.24, 2.45) is 0 Å². The van der Waals surface area contributed by atoms with Crippen LogP contribution in [0.15, 0.2) is 107 Å². The molecule has 0 unspecified atom stereocenters. The number of carbonyl (C=O) groups is 2. The summed E-state index contributed by atoms with van der Waals surface area (Å²) in [4.78, 5) is 37.5. The highest BCUT2D eigenvalue weighted by Gasteiger charge is 2.28. The minimum absolute atomic E-state index is 0.312. The second kappa shape index (κ2) is 8.77. The maximum absolute atomic E-state index is 13.3. The summed E-state index contributed by atoms with van der Waals surface area (Å²) in [5, 5.41) is 0.